The maximum absolute atomic E-state index is 12.9. The fourth-order valence-electron chi connectivity index (χ4n) is 3.05. The Balaban J connectivity index is 1.75. The van der Waals surface area contributed by atoms with E-state index in [0.717, 1.165) is 50.0 Å². The van der Waals surface area contributed by atoms with Crippen LogP contribution < -0.4 is 5.43 Å². The highest BCUT2D eigenvalue weighted by atomic mass is 35.5. The van der Waals surface area contributed by atoms with Gasteiger partial charge in [-0.25, -0.2) is 15.4 Å². The number of rotatable bonds is 5. The van der Waals surface area contributed by atoms with Gasteiger partial charge in [0.25, 0.3) is 0 Å². The number of nitrogens with one attached hydrogen (secondary N) is 1. The molecule has 114 valence electrons. The first-order chi connectivity index (χ1) is 10.2. The number of aromatic nitrogens is 2. The molecule has 1 unspecified atom stereocenters. The molecule has 1 N–H and O–H groups in total. The smallest absolute Gasteiger partial charge is 0.243 e. The van der Waals surface area contributed by atoms with Gasteiger partial charge in [-0.05, 0) is 39.0 Å². The summed E-state index contributed by atoms with van der Waals surface area (Å²) in [6.07, 6.45) is 8.33. The van der Waals surface area contributed by atoms with Crippen LogP contribution in [0.1, 0.15) is 49.5 Å². The van der Waals surface area contributed by atoms with Gasteiger partial charge in [-0.2, -0.15) is 0 Å². The predicted octanol–water partition coefficient (Wildman–Crippen LogP) is 2.36. The van der Waals surface area contributed by atoms with Gasteiger partial charge in [-0.3, -0.25) is 9.80 Å². The zero-order chi connectivity index (χ0) is 14.9. The second-order valence-electron chi connectivity index (χ2n) is 6.02. The molecule has 1 saturated heterocycles. The van der Waals surface area contributed by atoms with E-state index in [-0.39, 0.29) is 17.4 Å². The van der Waals surface area contributed by atoms with Crippen molar-refractivity contribution >= 4 is 17.5 Å². The summed E-state index contributed by atoms with van der Waals surface area (Å²) in [7, 11) is 0. The van der Waals surface area contributed by atoms with Crippen LogP contribution >= 0.6 is 11.6 Å². The molecule has 1 aliphatic heterocycles. The number of hydrogen-bond acceptors (Lipinski definition) is 4. The third-order valence-electron chi connectivity index (χ3n) is 4.51. The normalized spacial score (nSPS) is 23.3. The summed E-state index contributed by atoms with van der Waals surface area (Å²) in [6.45, 7) is 2.68. The van der Waals surface area contributed by atoms with Crippen molar-refractivity contribution in [1.82, 2.24) is 20.4 Å². The van der Waals surface area contributed by atoms with E-state index in [4.69, 9.17) is 11.6 Å². The lowest BCUT2D eigenvalue weighted by Gasteiger charge is -2.28. The first-order valence-corrected chi connectivity index (χ1v) is 8.11. The van der Waals surface area contributed by atoms with Gasteiger partial charge in [0, 0.05) is 30.4 Å². The van der Waals surface area contributed by atoms with E-state index < -0.39 is 0 Å². The van der Waals surface area contributed by atoms with Gasteiger partial charge in [-0.1, -0.05) is 0 Å². The third-order valence-corrected chi connectivity index (χ3v) is 4.78. The Morgan fingerprint density at radius 2 is 2.19 bits per heavy atom. The topological polar surface area (TPSA) is 58.1 Å². The average Bonchev–Trinajstić information content (AvgIpc) is 3.13. The Kier molecular flexibility index (Phi) is 4.13. The van der Waals surface area contributed by atoms with Gasteiger partial charge in [0.2, 0.25) is 5.91 Å². The number of carbonyl (C=O) groups is 1. The van der Waals surface area contributed by atoms with Crippen LogP contribution in [0, 0.1) is 12.3 Å². The van der Waals surface area contributed by atoms with Crippen LogP contribution in [0.15, 0.2) is 12.4 Å². The van der Waals surface area contributed by atoms with Gasteiger partial charge < -0.3 is 0 Å². The van der Waals surface area contributed by atoms with Crippen molar-refractivity contribution in [3.63, 3.8) is 0 Å². The molecular formula is C15H21ClN4O. The van der Waals surface area contributed by atoms with Gasteiger partial charge in [-0.15, -0.1) is 11.6 Å². The van der Waals surface area contributed by atoms with Gasteiger partial charge >= 0.3 is 0 Å². The minimum Gasteiger partial charge on any atom is -0.273 e. The molecular weight excluding hydrogens is 288 g/mol. The van der Waals surface area contributed by atoms with E-state index in [1.54, 1.807) is 0 Å². The molecule has 1 aromatic rings. The van der Waals surface area contributed by atoms with Crippen molar-refractivity contribution in [2.24, 2.45) is 5.41 Å². The average molecular weight is 309 g/mol. The van der Waals surface area contributed by atoms with E-state index in [1.807, 2.05) is 24.3 Å². The molecule has 0 spiro atoms. The third kappa shape index (κ3) is 2.90. The number of halogens is 1. The molecule has 1 aliphatic carbocycles. The minimum absolute atomic E-state index is 0.0478. The minimum atomic E-state index is -0.171. The van der Waals surface area contributed by atoms with Crippen molar-refractivity contribution in [3.8, 4) is 0 Å². The molecule has 5 nitrogen and oxygen atoms in total. The summed E-state index contributed by atoms with van der Waals surface area (Å²) >= 11 is 5.78. The highest BCUT2D eigenvalue weighted by Gasteiger charge is 2.52. The molecule has 21 heavy (non-hydrogen) atoms. The number of alkyl halides is 1. The van der Waals surface area contributed by atoms with Crippen molar-refractivity contribution in [3.05, 3.63) is 23.8 Å². The lowest BCUT2D eigenvalue weighted by molar-refractivity contribution is -0.141. The molecule has 2 heterocycles. The highest BCUT2D eigenvalue weighted by Crippen LogP contribution is 2.52. The summed E-state index contributed by atoms with van der Waals surface area (Å²) in [4.78, 5) is 21.4. The van der Waals surface area contributed by atoms with E-state index >= 15 is 0 Å². The van der Waals surface area contributed by atoms with Crippen LogP contribution in [-0.4, -0.2) is 33.3 Å². The van der Waals surface area contributed by atoms with Gasteiger partial charge in [0.15, 0.2) is 0 Å². The van der Waals surface area contributed by atoms with Crippen LogP contribution in [0.4, 0.5) is 0 Å². The van der Waals surface area contributed by atoms with Crippen LogP contribution in [0.5, 0.6) is 0 Å². The Morgan fingerprint density at radius 3 is 2.81 bits per heavy atom. The lowest BCUT2D eigenvalue weighted by atomic mass is 9.98. The molecule has 1 saturated carbocycles. The van der Waals surface area contributed by atoms with Crippen LogP contribution in [0.25, 0.3) is 0 Å². The Hall–Kier alpha value is -1.20. The molecule has 0 aromatic carbocycles. The molecule has 3 rings (SSSR count). The van der Waals surface area contributed by atoms with Gasteiger partial charge in [0.05, 0.1) is 11.5 Å². The van der Waals surface area contributed by atoms with E-state index in [1.165, 1.54) is 0 Å². The summed E-state index contributed by atoms with van der Waals surface area (Å²) in [5, 5.41) is 1.81. The highest BCUT2D eigenvalue weighted by molar-refractivity contribution is 6.17. The quantitative estimate of drug-likeness (QED) is 0.848. The zero-order valence-corrected chi connectivity index (χ0v) is 13.1. The molecule has 0 bridgehead atoms. The van der Waals surface area contributed by atoms with Crippen molar-refractivity contribution in [2.75, 3.05) is 12.4 Å². The molecule has 2 aliphatic rings. The second kappa shape index (κ2) is 5.89. The zero-order valence-electron chi connectivity index (χ0n) is 12.3. The number of nitrogens with zero attached hydrogens (tertiary/aromatic N) is 3. The number of carbonyl (C=O) groups excluding carboxylic acids is 1. The molecule has 1 aromatic heterocycles. The first kappa shape index (κ1) is 14.7. The number of hydrogen-bond donors (Lipinski definition) is 1. The molecule has 6 heteroatoms. The number of hydrazine groups is 1. The number of aryl methyl sites for hydroxylation is 1. The summed E-state index contributed by atoms with van der Waals surface area (Å²) in [5.41, 5.74) is 4.07. The maximum Gasteiger partial charge on any atom is 0.243 e. The molecule has 1 amide bonds. The summed E-state index contributed by atoms with van der Waals surface area (Å²) in [5.74, 6) is 1.59. The van der Waals surface area contributed by atoms with Crippen molar-refractivity contribution in [1.29, 1.82) is 0 Å². The Morgan fingerprint density at radius 1 is 1.48 bits per heavy atom. The van der Waals surface area contributed by atoms with Crippen LogP contribution in [0.3, 0.4) is 0 Å². The first-order valence-electron chi connectivity index (χ1n) is 7.58. The fourth-order valence-corrected chi connectivity index (χ4v) is 3.18. The summed E-state index contributed by atoms with van der Waals surface area (Å²) < 4.78 is 0. The Labute approximate surface area is 130 Å². The largest absolute Gasteiger partial charge is 0.273 e. The lowest BCUT2D eigenvalue weighted by Crippen LogP contribution is -2.43. The van der Waals surface area contributed by atoms with Gasteiger partial charge in [0.1, 0.15) is 5.82 Å². The van der Waals surface area contributed by atoms with Crippen molar-refractivity contribution < 1.29 is 4.79 Å². The van der Waals surface area contributed by atoms with Crippen molar-refractivity contribution in [2.45, 2.75) is 45.1 Å². The van der Waals surface area contributed by atoms with E-state index in [9.17, 15) is 4.79 Å². The fraction of sp³-hybridized carbons (Fsp3) is 0.667. The monoisotopic (exact) mass is 308 g/mol. The van der Waals surface area contributed by atoms with E-state index in [2.05, 4.69) is 15.4 Å². The Bertz CT molecular complexity index is 515. The SMILES string of the molecule is Cc1ncc(C2CCNN2C(=O)C2(CCCCl)CC2)cn1. The standard InChI is InChI=1S/C15H21ClN4O/c1-11-17-9-12(10-18-11)13-3-8-19-20(13)14(21)15(5-6-15)4-2-7-16/h9-10,13,19H,2-8H2,1H3. The van der Waals surface area contributed by atoms with E-state index in [0.29, 0.717) is 5.88 Å². The molecule has 0 radical (unpaired) electrons. The summed E-state index contributed by atoms with van der Waals surface area (Å²) in [6, 6.07) is 0.0478. The van der Waals surface area contributed by atoms with Crippen LogP contribution in [0.2, 0.25) is 0 Å². The predicted molar refractivity (Wildman–Crippen MR) is 80.6 cm³/mol. The van der Waals surface area contributed by atoms with Crippen LogP contribution in [-0.2, 0) is 4.79 Å². The second-order valence-corrected chi connectivity index (χ2v) is 6.40. The molecule has 1 atom stereocenters. The number of amides is 1. The maximum atomic E-state index is 12.9. The molecule has 2 fully saturated rings.